The standard InChI is InChI=1S/C17H28N2S/c1-13(2)9-16-11-19(7-5-14-6-8-20-12-14)17(10-18-16)15-3-4-15/h6,8,12-13,15-18H,3-5,7,9-11H2,1-2H3. The molecule has 2 nitrogen and oxygen atoms in total. The summed E-state index contributed by atoms with van der Waals surface area (Å²) in [5.74, 6) is 1.77. The average Bonchev–Trinajstić information content (AvgIpc) is 3.12. The SMILES string of the molecule is CC(C)CC1CN(CCc2ccsc2)C(C2CC2)CN1. The Kier molecular flexibility index (Phi) is 4.79. The molecule has 1 aliphatic carbocycles. The number of hydrogen-bond donors (Lipinski definition) is 1. The van der Waals surface area contributed by atoms with Gasteiger partial charge in [-0.25, -0.2) is 0 Å². The number of rotatable bonds is 6. The summed E-state index contributed by atoms with van der Waals surface area (Å²) in [6.07, 6.45) is 5.44. The van der Waals surface area contributed by atoms with Gasteiger partial charge in [0.15, 0.2) is 0 Å². The Balaban J connectivity index is 1.56. The average molecular weight is 292 g/mol. The molecule has 2 atom stereocenters. The second-order valence-corrected chi connectivity index (χ2v) is 7.80. The zero-order chi connectivity index (χ0) is 13.9. The van der Waals surface area contributed by atoms with E-state index in [1.165, 1.54) is 50.9 Å². The summed E-state index contributed by atoms with van der Waals surface area (Å²) in [4.78, 5) is 2.79. The monoisotopic (exact) mass is 292 g/mol. The lowest BCUT2D eigenvalue weighted by atomic mass is 9.97. The van der Waals surface area contributed by atoms with Crippen molar-refractivity contribution in [3.05, 3.63) is 22.4 Å². The minimum atomic E-state index is 0.701. The molecule has 2 unspecified atom stereocenters. The van der Waals surface area contributed by atoms with Gasteiger partial charge in [0.25, 0.3) is 0 Å². The quantitative estimate of drug-likeness (QED) is 0.864. The van der Waals surface area contributed by atoms with E-state index < -0.39 is 0 Å². The molecule has 1 saturated carbocycles. The van der Waals surface area contributed by atoms with Gasteiger partial charge in [-0.05, 0) is 59.9 Å². The van der Waals surface area contributed by atoms with Gasteiger partial charge in [-0.1, -0.05) is 13.8 Å². The van der Waals surface area contributed by atoms with Gasteiger partial charge in [-0.3, -0.25) is 4.90 Å². The highest BCUT2D eigenvalue weighted by Crippen LogP contribution is 2.36. The summed E-state index contributed by atoms with van der Waals surface area (Å²) in [5, 5.41) is 8.31. The molecule has 1 aliphatic heterocycles. The molecule has 112 valence electrons. The number of piperazine rings is 1. The molecule has 0 amide bonds. The molecule has 0 aromatic carbocycles. The van der Waals surface area contributed by atoms with E-state index in [4.69, 9.17) is 0 Å². The van der Waals surface area contributed by atoms with Gasteiger partial charge in [0.2, 0.25) is 0 Å². The van der Waals surface area contributed by atoms with Crippen LogP contribution in [0.5, 0.6) is 0 Å². The fraction of sp³-hybridized carbons (Fsp3) is 0.765. The summed E-state index contributed by atoms with van der Waals surface area (Å²) in [5.41, 5.74) is 1.52. The molecule has 2 heterocycles. The summed E-state index contributed by atoms with van der Waals surface area (Å²) in [6.45, 7) is 8.39. The van der Waals surface area contributed by atoms with Crippen LogP contribution in [0.4, 0.5) is 0 Å². The Bertz CT molecular complexity index is 397. The molecule has 20 heavy (non-hydrogen) atoms. The highest BCUT2D eigenvalue weighted by Gasteiger charge is 2.38. The maximum Gasteiger partial charge on any atom is 0.0249 e. The Morgan fingerprint density at radius 3 is 2.90 bits per heavy atom. The summed E-state index contributed by atoms with van der Waals surface area (Å²) < 4.78 is 0. The number of thiophene rings is 1. The first-order valence-electron chi connectivity index (χ1n) is 8.21. The van der Waals surface area contributed by atoms with Crippen LogP contribution in [0, 0.1) is 11.8 Å². The van der Waals surface area contributed by atoms with Crippen LogP contribution in [-0.2, 0) is 6.42 Å². The molecule has 0 spiro atoms. The van der Waals surface area contributed by atoms with Crippen LogP contribution in [-0.4, -0.2) is 36.6 Å². The Morgan fingerprint density at radius 1 is 1.40 bits per heavy atom. The minimum Gasteiger partial charge on any atom is -0.311 e. The van der Waals surface area contributed by atoms with E-state index in [-0.39, 0.29) is 0 Å². The lowest BCUT2D eigenvalue weighted by Crippen LogP contribution is -2.57. The van der Waals surface area contributed by atoms with Crippen LogP contribution in [0.1, 0.15) is 38.7 Å². The molecule has 1 saturated heterocycles. The Hall–Kier alpha value is -0.380. The molecule has 3 rings (SSSR count). The molecular weight excluding hydrogens is 264 g/mol. The molecule has 1 aromatic heterocycles. The van der Waals surface area contributed by atoms with Gasteiger partial charge in [0.05, 0.1) is 0 Å². The smallest absolute Gasteiger partial charge is 0.0249 e. The molecule has 2 aliphatic rings. The third kappa shape index (κ3) is 3.84. The van der Waals surface area contributed by atoms with Crippen molar-refractivity contribution in [3.8, 4) is 0 Å². The topological polar surface area (TPSA) is 15.3 Å². The molecular formula is C17H28N2S. The molecule has 1 N–H and O–H groups in total. The second-order valence-electron chi connectivity index (χ2n) is 7.02. The molecule has 3 heteroatoms. The van der Waals surface area contributed by atoms with E-state index in [0.29, 0.717) is 6.04 Å². The molecule has 1 aromatic rings. The summed E-state index contributed by atoms with van der Waals surface area (Å²) >= 11 is 1.82. The Morgan fingerprint density at radius 2 is 2.25 bits per heavy atom. The van der Waals surface area contributed by atoms with Crippen molar-refractivity contribution >= 4 is 11.3 Å². The number of nitrogens with zero attached hydrogens (tertiary/aromatic N) is 1. The van der Waals surface area contributed by atoms with Gasteiger partial charge in [0, 0.05) is 31.7 Å². The van der Waals surface area contributed by atoms with Gasteiger partial charge in [0.1, 0.15) is 0 Å². The van der Waals surface area contributed by atoms with E-state index >= 15 is 0 Å². The van der Waals surface area contributed by atoms with Crippen molar-refractivity contribution in [2.75, 3.05) is 19.6 Å². The largest absolute Gasteiger partial charge is 0.311 e. The summed E-state index contributed by atoms with van der Waals surface area (Å²) in [6, 6.07) is 3.79. The van der Waals surface area contributed by atoms with E-state index in [1.54, 1.807) is 0 Å². The van der Waals surface area contributed by atoms with Gasteiger partial charge >= 0.3 is 0 Å². The third-order valence-corrected chi connectivity index (χ3v) is 5.46. The van der Waals surface area contributed by atoms with Crippen molar-refractivity contribution < 1.29 is 0 Å². The first-order valence-corrected chi connectivity index (χ1v) is 9.15. The van der Waals surface area contributed by atoms with E-state index in [1.807, 2.05) is 11.3 Å². The molecule has 2 fully saturated rings. The fourth-order valence-electron chi connectivity index (χ4n) is 3.54. The molecule has 0 bridgehead atoms. The normalized spacial score (nSPS) is 28.1. The predicted molar refractivity (Wildman–Crippen MR) is 87.4 cm³/mol. The van der Waals surface area contributed by atoms with Gasteiger partial charge < -0.3 is 5.32 Å². The lowest BCUT2D eigenvalue weighted by molar-refractivity contribution is 0.109. The van der Waals surface area contributed by atoms with Crippen LogP contribution in [0.15, 0.2) is 16.8 Å². The van der Waals surface area contributed by atoms with Crippen LogP contribution in [0.3, 0.4) is 0 Å². The van der Waals surface area contributed by atoms with Crippen molar-refractivity contribution in [3.63, 3.8) is 0 Å². The minimum absolute atomic E-state index is 0.701. The maximum atomic E-state index is 3.81. The van der Waals surface area contributed by atoms with Crippen molar-refractivity contribution in [1.29, 1.82) is 0 Å². The highest BCUT2D eigenvalue weighted by atomic mass is 32.1. The van der Waals surface area contributed by atoms with Crippen LogP contribution in [0.25, 0.3) is 0 Å². The van der Waals surface area contributed by atoms with Crippen molar-refractivity contribution in [2.24, 2.45) is 11.8 Å². The van der Waals surface area contributed by atoms with E-state index in [9.17, 15) is 0 Å². The second kappa shape index (κ2) is 6.59. The van der Waals surface area contributed by atoms with Crippen LogP contribution in [0.2, 0.25) is 0 Å². The third-order valence-electron chi connectivity index (χ3n) is 4.73. The first kappa shape index (κ1) is 14.6. The van der Waals surface area contributed by atoms with Crippen LogP contribution < -0.4 is 5.32 Å². The van der Waals surface area contributed by atoms with E-state index in [2.05, 4.69) is 40.9 Å². The van der Waals surface area contributed by atoms with Crippen LogP contribution >= 0.6 is 11.3 Å². The summed E-state index contributed by atoms with van der Waals surface area (Å²) in [7, 11) is 0. The zero-order valence-corrected chi connectivity index (χ0v) is 13.7. The predicted octanol–water partition coefficient (Wildman–Crippen LogP) is 3.39. The van der Waals surface area contributed by atoms with Gasteiger partial charge in [-0.15, -0.1) is 0 Å². The Labute approximate surface area is 127 Å². The number of hydrogen-bond acceptors (Lipinski definition) is 3. The fourth-order valence-corrected chi connectivity index (χ4v) is 4.24. The van der Waals surface area contributed by atoms with E-state index in [0.717, 1.165) is 17.9 Å². The first-order chi connectivity index (χ1) is 9.72. The zero-order valence-electron chi connectivity index (χ0n) is 12.8. The lowest BCUT2D eigenvalue weighted by Gasteiger charge is -2.41. The van der Waals surface area contributed by atoms with Gasteiger partial charge in [-0.2, -0.15) is 11.3 Å². The van der Waals surface area contributed by atoms with Crippen molar-refractivity contribution in [1.82, 2.24) is 10.2 Å². The maximum absolute atomic E-state index is 3.81. The highest BCUT2D eigenvalue weighted by molar-refractivity contribution is 7.07. The number of nitrogens with one attached hydrogen (secondary N) is 1. The molecule has 0 radical (unpaired) electrons. The van der Waals surface area contributed by atoms with Crippen molar-refractivity contribution in [2.45, 2.75) is 51.6 Å².